The van der Waals surface area contributed by atoms with E-state index < -0.39 is 0 Å². The average Bonchev–Trinajstić information content (AvgIpc) is 2.61. The lowest BCUT2D eigenvalue weighted by Crippen LogP contribution is -1.94. The number of methoxy groups -OCH3 is 1. The van der Waals surface area contributed by atoms with Gasteiger partial charge in [-0.05, 0) is 11.6 Å². The van der Waals surface area contributed by atoms with E-state index in [2.05, 4.69) is 4.98 Å². The predicted molar refractivity (Wildman–Crippen MR) is 57.8 cm³/mol. The Hall–Kier alpha value is -1.19. The zero-order valence-electron chi connectivity index (χ0n) is 7.80. The summed E-state index contributed by atoms with van der Waals surface area (Å²) in [7, 11) is 1.62. The molecular weight excluding hydrogens is 200 g/mol. The molecule has 0 spiro atoms. The minimum absolute atomic E-state index is 0.490. The molecule has 3 N–H and O–H groups in total. The third kappa shape index (κ3) is 1.35. The highest BCUT2D eigenvalue weighted by Gasteiger charge is 2.07. The van der Waals surface area contributed by atoms with E-state index in [-0.39, 0.29) is 0 Å². The summed E-state index contributed by atoms with van der Waals surface area (Å²) < 4.78 is 5.13. The van der Waals surface area contributed by atoms with Crippen molar-refractivity contribution in [2.75, 3.05) is 7.11 Å². The SMILES string of the molecule is COc1cc(Cl)c2[nH]cc(CN)c2c1. The maximum Gasteiger partial charge on any atom is 0.121 e. The van der Waals surface area contributed by atoms with E-state index in [4.69, 9.17) is 22.1 Å². The maximum absolute atomic E-state index is 6.06. The molecule has 2 aromatic rings. The zero-order chi connectivity index (χ0) is 10.1. The van der Waals surface area contributed by atoms with Gasteiger partial charge in [0.1, 0.15) is 5.75 Å². The van der Waals surface area contributed by atoms with E-state index >= 15 is 0 Å². The number of hydrogen-bond acceptors (Lipinski definition) is 2. The molecule has 0 saturated heterocycles. The Kier molecular flexibility index (Phi) is 2.35. The second kappa shape index (κ2) is 3.52. The van der Waals surface area contributed by atoms with Gasteiger partial charge in [0.2, 0.25) is 0 Å². The third-order valence-corrected chi connectivity index (χ3v) is 2.55. The van der Waals surface area contributed by atoms with Gasteiger partial charge in [-0.1, -0.05) is 11.6 Å². The lowest BCUT2D eigenvalue weighted by atomic mass is 10.1. The van der Waals surface area contributed by atoms with Crippen LogP contribution in [0.25, 0.3) is 10.9 Å². The van der Waals surface area contributed by atoms with Crippen LogP contribution in [-0.2, 0) is 6.54 Å². The standard InChI is InChI=1S/C10H11ClN2O/c1-14-7-2-8-6(4-12)5-13-10(8)9(11)3-7/h2-3,5,13H,4,12H2,1H3. The van der Waals surface area contributed by atoms with Crippen molar-refractivity contribution in [3.05, 3.63) is 28.9 Å². The fourth-order valence-corrected chi connectivity index (χ4v) is 1.77. The third-order valence-electron chi connectivity index (χ3n) is 2.26. The smallest absolute Gasteiger partial charge is 0.121 e. The van der Waals surface area contributed by atoms with Crippen molar-refractivity contribution >= 4 is 22.5 Å². The van der Waals surface area contributed by atoms with Crippen LogP contribution in [0.5, 0.6) is 5.75 Å². The lowest BCUT2D eigenvalue weighted by molar-refractivity contribution is 0.415. The molecule has 0 bridgehead atoms. The second-order valence-electron chi connectivity index (χ2n) is 3.05. The van der Waals surface area contributed by atoms with E-state index in [1.807, 2.05) is 12.3 Å². The highest BCUT2D eigenvalue weighted by Crippen LogP contribution is 2.30. The molecule has 74 valence electrons. The number of hydrogen-bond donors (Lipinski definition) is 2. The fraction of sp³-hybridized carbons (Fsp3) is 0.200. The molecule has 0 radical (unpaired) electrons. The van der Waals surface area contributed by atoms with Crippen molar-refractivity contribution in [2.45, 2.75) is 6.54 Å². The molecule has 1 aromatic heterocycles. The van der Waals surface area contributed by atoms with E-state index in [9.17, 15) is 0 Å². The van der Waals surface area contributed by atoms with Crippen LogP contribution in [0.3, 0.4) is 0 Å². The molecule has 0 unspecified atom stereocenters. The normalized spacial score (nSPS) is 10.8. The summed E-state index contributed by atoms with van der Waals surface area (Å²) in [5, 5.41) is 1.68. The number of nitrogens with two attached hydrogens (primary N) is 1. The molecule has 0 aliphatic rings. The summed E-state index contributed by atoms with van der Waals surface area (Å²) in [6, 6.07) is 3.71. The quantitative estimate of drug-likeness (QED) is 0.799. The van der Waals surface area contributed by atoms with Crippen LogP contribution in [0.4, 0.5) is 0 Å². The Labute approximate surface area is 86.8 Å². The Morgan fingerprint density at radius 1 is 1.50 bits per heavy atom. The van der Waals surface area contributed by atoms with Gasteiger partial charge in [-0.3, -0.25) is 0 Å². The number of benzene rings is 1. The number of aromatic nitrogens is 1. The number of fused-ring (bicyclic) bond motifs is 1. The number of halogens is 1. The van der Waals surface area contributed by atoms with Crippen LogP contribution in [0.15, 0.2) is 18.3 Å². The molecular formula is C10H11ClN2O. The topological polar surface area (TPSA) is 51.0 Å². The first-order chi connectivity index (χ1) is 6.76. The van der Waals surface area contributed by atoms with E-state index in [0.29, 0.717) is 11.6 Å². The van der Waals surface area contributed by atoms with Crippen LogP contribution in [0.1, 0.15) is 5.56 Å². The van der Waals surface area contributed by atoms with Crippen molar-refractivity contribution in [1.82, 2.24) is 4.98 Å². The summed E-state index contributed by atoms with van der Waals surface area (Å²) in [5.74, 6) is 0.747. The molecule has 0 fully saturated rings. The number of aromatic amines is 1. The molecule has 0 saturated carbocycles. The highest BCUT2D eigenvalue weighted by molar-refractivity contribution is 6.35. The summed E-state index contributed by atoms with van der Waals surface area (Å²) >= 11 is 6.06. The van der Waals surface area contributed by atoms with Gasteiger partial charge in [-0.25, -0.2) is 0 Å². The number of nitrogens with one attached hydrogen (secondary N) is 1. The molecule has 0 aliphatic heterocycles. The summed E-state index contributed by atoms with van der Waals surface area (Å²) in [6.07, 6.45) is 1.87. The Bertz CT molecular complexity index is 464. The zero-order valence-corrected chi connectivity index (χ0v) is 8.56. The van der Waals surface area contributed by atoms with Crippen LogP contribution in [-0.4, -0.2) is 12.1 Å². The molecule has 1 heterocycles. The number of ether oxygens (including phenoxy) is 1. The first-order valence-corrected chi connectivity index (χ1v) is 4.67. The predicted octanol–water partition coefficient (Wildman–Crippen LogP) is 2.29. The minimum Gasteiger partial charge on any atom is -0.497 e. The van der Waals surface area contributed by atoms with Gasteiger partial charge < -0.3 is 15.5 Å². The summed E-state index contributed by atoms with van der Waals surface area (Å²) in [6.45, 7) is 0.490. The Morgan fingerprint density at radius 3 is 2.93 bits per heavy atom. The largest absolute Gasteiger partial charge is 0.497 e. The summed E-state index contributed by atoms with van der Waals surface area (Å²) in [5.41, 5.74) is 7.55. The van der Waals surface area contributed by atoms with Crippen molar-refractivity contribution in [3.63, 3.8) is 0 Å². The van der Waals surface area contributed by atoms with Crippen LogP contribution in [0, 0.1) is 0 Å². The van der Waals surface area contributed by atoms with Gasteiger partial charge in [0.15, 0.2) is 0 Å². The molecule has 4 heteroatoms. The van der Waals surface area contributed by atoms with Gasteiger partial charge in [-0.15, -0.1) is 0 Å². The van der Waals surface area contributed by atoms with Gasteiger partial charge in [-0.2, -0.15) is 0 Å². The first kappa shape index (κ1) is 9.37. The molecule has 0 amide bonds. The molecule has 0 aliphatic carbocycles. The Morgan fingerprint density at radius 2 is 2.29 bits per heavy atom. The van der Waals surface area contributed by atoms with Gasteiger partial charge in [0.05, 0.1) is 17.6 Å². The molecule has 0 atom stereocenters. The number of H-pyrrole nitrogens is 1. The molecule has 1 aromatic carbocycles. The minimum atomic E-state index is 0.490. The van der Waals surface area contributed by atoms with E-state index in [0.717, 1.165) is 22.2 Å². The Balaban J connectivity index is 2.73. The molecule has 3 nitrogen and oxygen atoms in total. The second-order valence-corrected chi connectivity index (χ2v) is 3.46. The van der Waals surface area contributed by atoms with Crippen molar-refractivity contribution in [2.24, 2.45) is 5.73 Å². The number of rotatable bonds is 2. The highest BCUT2D eigenvalue weighted by atomic mass is 35.5. The van der Waals surface area contributed by atoms with Crippen LogP contribution < -0.4 is 10.5 Å². The van der Waals surface area contributed by atoms with Gasteiger partial charge >= 0.3 is 0 Å². The van der Waals surface area contributed by atoms with Crippen LogP contribution >= 0.6 is 11.6 Å². The lowest BCUT2D eigenvalue weighted by Gasteiger charge is -2.02. The van der Waals surface area contributed by atoms with Crippen molar-refractivity contribution in [3.8, 4) is 5.75 Å². The maximum atomic E-state index is 6.06. The van der Waals surface area contributed by atoms with Crippen molar-refractivity contribution < 1.29 is 4.74 Å². The van der Waals surface area contributed by atoms with E-state index in [1.165, 1.54) is 0 Å². The first-order valence-electron chi connectivity index (χ1n) is 4.30. The fourth-order valence-electron chi connectivity index (χ4n) is 1.51. The average molecular weight is 211 g/mol. The van der Waals surface area contributed by atoms with Crippen molar-refractivity contribution in [1.29, 1.82) is 0 Å². The van der Waals surface area contributed by atoms with Gasteiger partial charge in [0.25, 0.3) is 0 Å². The molecule has 14 heavy (non-hydrogen) atoms. The van der Waals surface area contributed by atoms with Gasteiger partial charge in [0, 0.05) is 24.2 Å². The van der Waals surface area contributed by atoms with Crippen LogP contribution in [0.2, 0.25) is 5.02 Å². The van der Waals surface area contributed by atoms with E-state index in [1.54, 1.807) is 13.2 Å². The monoisotopic (exact) mass is 210 g/mol. The summed E-state index contributed by atoms with van der Waals surface area (Å²) in [4.78, 5) is 3.09. The molecule has 2 rings (SSSR count).